The third-order valence-corrected chi connectivity index (χ3v) is 7.20. The van der Waals surface area contributed by atoms with Crippen LogP contribution in [0.2, 0.25) is 0 Å². The SMILES string of the molecule is CC(C)=CCC(C)=CCCC(C)=CCCC(C)=CCCC(C)=CCCC(C)=CCCc1ccsc1. The number of hydrogen-bond acceptors (Lipinski definition) is 1. The normalized spacial score (nSPS) is 14.0. The lowest BCUT2D eigenvalue weighted by molar-refractivity contribution is 0.887. The van der Waals surface area contributed by atoms with E-state index in [1.54, 1.807) is 11.3 Å². The van der Waals surface area contributed by atoms with Gasteiger partial charge in [0.2, 0.25) is 0 Å². The first-order chi connectivity index (χ1) is 16.8. The van der Waals surface area contributed by atoms with Gasteiger partial charge in [-0.25, -0.2) is 0 Å². The zero-order chi connectivity index (χ0) is 25.9. The summed E-state index contributed by atoms with van der Waals surface area (Å²) in [5, 5.41) is 4.43. The Hall–Kier alpha value is -1.86. The Balaban J connectivity index is 2.20. The van der Waals surface area contributed by atoms with E-state index in [1.165, 1.54) is 90.4 Å². The summed E-state index contributed by atoms with van der Waals surface area (Å²) >= 11 is 1.80. The monoisotopic (exact) mass is 492 g/mol. The molecule has 0 radical (unpaired) electrons. The molecule has 0 saturated heterocycles. The van der Waals surface area contributed by atoms with Crippen LogP contribution in [-0.2, 0) is 6.42 Å². The summed E-state index contributed by atoms with van der Waals surface area (Å²) < 4.78 is 0. The second kappa shape index (κ2) is 19.3. The van der Waals surface area contributed by atoms with Gasteiger partial charge in [0.05, 0.1) is 0 Å². The molecule has 1 heteroatoms. The molecule has 1 aromatic rings. The number of hydrogen-bond donors (Lipinski definition) is 0. The molecule has 1 heterocycles. The van der Waals surface area contributed by atoms with Crippen LogP contribution >= 0.6 is 11.3 Å². The van der Waals surface area contributed by atoms with Crippen molar-refractivity contribution in [1.29, 1.82) is 0 Å². The van der Waals surface area contributed by atoms with Crippen molar-refractivity contribution in [3.63, 3.8) is 0 Å². The van der Waals surface area contributed by atoms with Crippen molar-refractivity contribution in [3.05, 3.63) is 92.3 Å². The van der Waals surface area contributed by atoms with Crippen LogP contribution in [0.15, 0.2) is 86.7 Å². The van der Waals surface area contributed by atoms with Gasteiger partial charge >= 0.3 is 0 Å². The zero-order valence-electron chi connectivity index (χ0n) is 23.9. The summed E-state index contributed by atoms with van der Waals surface area (Å²) in [6, 6.07) is 2.24. The van der Waals surface area contributed by atoms with E-state index in [-0.39, 0.29) is 0 Å². The van der Waals surface area contributed by atoms with Crippen LogP contribution in [0.1, 0.15) is 118 Å². The van der Waals surface area contributed by atoms with E-state index in [4.69, 9.17) is 0 Å². The molecular formula is C34H52S. The van der Waals surface area contributed by atoms with Crippen molar-refractivity contribution in [2.75, 3.05) is 0 Å². The molecule has 0 nitrogen and oxygen atoms in total. The van der Waals surface area contributed by atoms with Gasteiger partial charge in [-0.2, -0.15) is 11.3 Å². The molecule has 0 aromatic carbocycles. The van der Waals surface area contributed by atoms with Gasteiger partial charge in [-0.05, 0) is 141 Å². The van der Waals surface area contributed by atoms with Gasteiger partial charge in [-0.3, -0.25) is 0 Å². The van der Waals surface area contributed by atoms with Crippen LogP contribution < -0.4 is 0 Å². The van der Waals surface area contributed by atoms with E-state index in [0.29, 0.717) is 0 Å². The van der Waals surface area contributed by atoms with Gasteiger partial charge in [0, 0.05) is 0 Å². The van der Waals surface area contributed by atoms with Crippen LogP contribution in [0.3, 0.4) is 0 Å². The van der Waals surface area contributed by atoms with E-state index < -0.39 is 0 Å². The molecule has 0 bridgehead atoms. The maximum absolute atomic E-state index is 2.45. The maximum Gasteiger partial charge on any atom is -0.00611 e. The molecule has 0 atom stereocenters. The topological polar surface area (TPSA) is 0 Å². The van der Waals surface area contributed by atoms with Gasteiger partial charge in [0.25, 0.3) is 0 Å². The highest BCUT2D eigenvalue weighted by Crippen LogP contribution is 2.16. The minimum Gasteiger partial charge on any atom is -0.152 e. The van der Waals surface area contributed by atoms with Crippen molar-refractivity contribution >= 4 is 11.3 Å². The van der Waals surface area contributed by atoms with Crippen LogP contribution in [0, 0.1) is 0 Å². The summed E-state index contributed by atoms with van der Waals surface area (Å²) in [6.45, 7) is 15.7. The highest BCUT2D eigenvalue weighted by atomic mass is 32.1. The summed E-state index contributed by atoms with van der Waals surface area (Å²) in [5.41, 5.74) is 10.5. The predicted molar refractivity (Wildman–Crippen MR) is 162 cm³/mol. The smallest absolute Gasteiger partial charge is 0.00611 e. The minimum atomic E-state index is 1.09. The molecule has 0 unspecified atom stereocenters. The Morgan fingerprint density at radius 1 is 0.571 bits per heavy atom. The van der Waals surface area contributed by atoms with E-state index >= 15 is 0 Å². The van der Waals surface area contributed by atoms with Crippen LogP contribution in [0.4, 0.5) is 0 Å². The van der Waals surface area contributed by atoms with Gasteiger partial charge < -0.3 is 0 Å². The number of aryl methyl sites for hydroxylation is 1. The predicted octanol–water partition coefficient (Wildman–Crippen LogP) is 11.9. The average Bonchev–Trinajstić information content (AvgIpc) is 3.31. The second-order valence-electron chi connectivity index (χ2n) is 10.6. The van der Waals surface area contributed by atoms with Gasteiger partial charge in [-0.15, -0.1) is 0 Å². The van der Waals surface area contributed by atoms with E-state index in [1.807, 2.05) is 0 Å². The summed E-state index contributed by atoms with van der Waals surface area (Å²) in [6.07, 6.45) is 27.3. The molecular weight excluding hydrogens is 440 g/mol. The molecule has 35 heavy (non-hydrogen) atoms. The number of rotatable bonds is 17. The molecule has 0 saturated carbocycles. The molecule has 0 spiro atoms. The highest BCUT2D eigenvalue weighted by molar-refractivity contribution is 7.07. The van der Waals surface area contributed by atoms with Crippen LogP contribution in [0.5, 0.6) is 0 Å². The number of thiophene rings is 1. The van der Waals surface area contributed by atoms with Crippen molar-refractivity contribution in [1.82, 2.24) is 0 Å². The van der Waals surface area contributed by atoms with Gasteiger partial charge in [0.1, 0.15) is 0 Å². The lowest BCUT2D eigenvalue weighted by atomic mass is 10.0. The maximum atomic E-state index is 2.45. The second-order valence-corrected chi connectivity index (χ2v) is 11.3. The Labute approximate surface area is 222 Å². The molecule has 0 aliphatic carbocycles. The highest BCUT2D eigenvalue weighted by Gasteiger charge is 1.96. The summed E-state index contributed by atoms with van der Waals surface area (Å²) in [7, 11) is 0. The first kappa shape index (κ1) is 31.2. The molecule has 0 aliphatic rings. The number of allylic oxidation sites excluding steroid dienone is 12. The summed E-state index contributed by atoms with van der Waals surface area (Å²) in [5.74, 6) is 0. The minimum absolute atomic E-state index is 1.09. The first-order valence-electron chi connectivity index (χ1n) is 13.7. The zero-order valence-corrected chi connectivity index (χ0v) is 24.7. The van der Waals surface area contributed by atoms with Crippen molar-refractivity contribution in [3.8, 4) is 0 Å². The largest absolute Gasteiger partial charge is 0.152 e. The molecule has 0 aliphatic heterocycles. The van der Waals surface area contributed by atoms with Gasteiger partial charge in [-0.1, -0.05) is 69.9 Å². The standard InChI is InChI=1S/C34H52S/c1-28(2)23-24-33(7)20-11-19-31(5)16-9-15-29(3)13-8-14-30(4)17-10-18-32(6)21-12-22-34-25-26-35-27-34/h13,16-17,20-21,23,25-27H,8-12,14-15,18-19,22,24H2,1-7H3. The fraction of sp³-hybridized carbons (Fsp3) is 0.529. The van der Waals surface area contributed by atoms with Crippen molar-refractivity contribution in [2.45, 2.75) is 119 Å². The average molecular weight is 493 g/mol. The Kier molecular flexibility index (Phi) is 17.2. The molecule has 1 rings (SSSR count). The third-order valence-electron chi connectivity index (χ3n) is 6.46. The molecule has 0 fully saturated rings. The van der Waals surface area contributed by atoms with Crippen LogP contribution in [-0.4, -0.2) is 0 Å². The molecule has 1 aromatic heterocycles. The fourth-order valence-electron chi connectivity index (χ4n) is 3.96. The lowest BCUT2D eigenvalue weighted by Crippen LogP contribution is -1.84. The lowest BCUT2D eigenvalue weighted by Gasteiger charge is -2.04. The van der Waals surface area contributed by atoms with Crippen molar-refractivity contribution < 1.29 is 0 Å². The summed E-state index contributed by atoms with van der Waals surface area (Å²) in [4.78, 5) is 0. The quantitative estimate of drug-likeness (QED) is 0.190. The van der Waals surface area contributed by atoms with E-state index in [9.17, 15) is 0 Å². The van der Waals surface area contributed by atoms with Crippen LogP contribution in [0.25, 0.3) is 0 Å². The van der Waals surface area contributed by atoms with E-state index in [0.717, 1.165) is 19.3 Å². The first-order valence-corrected chi connectivity index (χ1v) is 14.6. The molecule has 194 valence electrons. The van der Waals surface area contributed by atoms with Crippen molar-refractivity contribution in [2.24, 2.45) is 0 Å². The Morgan fingerprint density at radius 3 is 1.40 bits per heavy atom. The Morgan fingerprint density at radius 2 is 1.00 bits per heavy atom. The Bertz CT molecular complexity index is 877. The third kappa shape index (κ3) is 18.1. The molecule has 0 amide bonds. The molecule has 0 N–H and O–H groups in total. The van der Waals surface area contributed by atoms with Gasteiger partial charge in [0.15, 0.2) is 0 Å². The fourth-order valence-corrected chi connectivity index (χ4v) is 4.66. The van der Waals surface area contributed by atoms with E-state index in [2.05, 4.69) is 102 Å².